The van der Waals surface area contributed by atoms with Crippen molar-refractivity contribution in [3.63, 3.8) is 0 Å². The fourth-order valence-electron chi connectivity index (χ4n) is 2.55. The number of carbonyl (C=O) groups is 2. The highest BCUT2D eigenvalue weighted by Crippen LogP contribution is 2.34. The quantitative estimate of drug-likeness (QED) is 0.892. The third-order valence-corrected chi connectivity index (χ3v) is 5.13. The van der Waals surface area contributed by atoms with Crippen molar-refractivity contribution in [1.82, 2.24) is 0 Å². The molecule has 0 saturated heterocycles. The summed E-state index contributed by atoms with van der Waals surface area (Å²) in [6, 6.07) is 13.2. The first-order valence-electron chi connectivity index (χ1n) is 7.63. The molecule has 0 fully saturated rings. The van der Waals surface area contributed by atoms with Gasteiger partial charge in [-0.25, -0.2) is 0 Å². The summed E-state index contributed by atoms with van der Waals surface area (Å²) in [5, 5.41) is 3.31. The van der Waals surface area contributed by atoms with Crippen LogP contribution in [0.1, 0.15) is 12.0 Å². The van der Waals surface area contributed by atoms with Gasteiger partial charge < -0.3 is 10.2 Å². The Morgan fingerprint density at radius 1 is 1.29 bits per heavy atom. The van der Waals surface area contributed by atoms with Crippen LogP contribution < -0.4 is 10.2 Å². The van der Waals surface area contributed by atoms with Gasteiger partial charge in [-0.15, -0.1) is 11.8 Å². The summed E-state index contributed by atoms with van der Waals surface area (Å²) in [6.07, 6.45) is 0.217. The lowest BCUT2D eigenvalue weighted by molar-refractivity contribution is -0.117. The van der Waals surface area contributed by atoms with Gasteiger partial charge in [0, 0.05) is 17.9 Å². The van der Waals surface area contributed by atoms with Crippen molar-refractivity contribution in [3.8, 4) is 0 Å². The molecule has 4 nitrogen and oxygen atoms in total. The van der Waals surface area contributed by atoms with Crippen LogP contribution in [0, 0.1) is 6.92 Å². The van der Waals surface area contributed by atoms with E-state index in [-0.39, 0.29) is 18.2 Å². The summed E-state index contributed by atoms with van der Waals surface area (Å²) in [5.41, 5.74) is 2.50. The number of aryl methyl sites for hydroxylation is 1. The summed E-state index contributed by atoms with van der Waals surface area (Å²) in [5.74, 6) is 0.270. The van der Waals surface area contributed by atoms with E-state index in [9.17, 15) is 9.59 Å². The molecule has 6 heteroatoms. The minimum Gasteiger partial charge on any atom is -0.325 e. The van der Waals surface area contributed by atoms with Crippen molar-refractivity contribution >= 4 is 46.6 Å². The minimum atomic E-state index is -0.163. The standard InChI is InChI=1S/C18H17ClN2O2S/c1-12-6-7-14(13(19)10-12)20-17(22)8-9-21-15-4-2-3-5-16(15)24-11-18(21)23/h2-7,10H,8-9,11H2,1H3,(H,20,22). The number of halogens is 1. The zero-order chi connectivity index (χ0) is 17.1. The van der Waals surface area contributed by atoms with E-state index in [1.54, 1.807) is 17.0 Å². The Balaban J connectivity index is 1.65. The number of anilines is 2. The zero-order valence-corrected chi connectivity index (χ0v) is 14.8. The van der Waals surface area contributed by atoms with Crippen molar-refractivity contribution in [2.75, 3.05) is 22.5 Å². The number of rotatable bonds is 4. The molecule has 2 aromatic carbocycles. The molecule has 0 radical (unpaired) electrons. The second kappa shape index (κ2) is 7.28. The number of amides is 2. The van der Waals surface area contributed by atoms with Crippen LogP contribution in [-0.4, -0.2) is 24.1 Å². The van der Waals surface area contributed by atoms with Gasteiger partial charge >= 0.3 is 0 Å². The first-order valence-corrected chi connectivity index (χ1v) is 8.99. The predicted molar refractivity (Wildman–Crippen MR) is 99.0 cm³/mol. The Morgan fingerprint density at radius 3 is 2.88 bits per heavy atom. The number of hydrogen-bond acceptors (Lipinski definition) is 3. The molecular formula is C18H17ClN2O2S. The molecule has 0 aliphatic carbocycles. The lowest BCUT2D eigenvalue weighted by Gasteiger charge is -2.28. The minimum absolute atomic E-state index is 0.0277. The first kappa shape index (κ1) is 16.9. The topological polar surface area (TPSA) is 49.4 Å². The van der Waals surface area contributed by atoms with E-state index < -0.39 is 0 Å². The predicted octanol–water partition coefficient (Wildman–Crippen LogP) is 4.12. The number of nitrogens with zero attached hydrogens (tertiary/aromatic N) is 1. The third kappa shape index (κ3) is 3.74. The first-order chi connectivity index (χ1) is 11.5. The molecule has 0 spiro atoms. The normalized spacial score (nSPS) is 13.6. The van der Waals surface area contributed by atoms with E-state index >= 15 is 0 Å². The highest BCUT2D eigenvalue weighted by Gasteiger charge is 2.24. The maximum absolute atomic E-state index is 12.2. The van der Waals surface area contributed by atoms with E-state index in [1.165, 1.54) is 11.8 Å². The van der Waals surface area contributed by atoms with Gasteiger partial charge in [0.05, 0.1) is 22.2 Å². The smallest absolute Gasteiger partial charge is 0.237 e. The number of para-hydroxylation sites is 1. The molecule has 2 aromatic rings. The van der Waals surface area contributed by atoms with Crippen LogP contribution in [0.4, 0.5) is 11.4 Å². The Labute approximate surface area is 150 Å². The molecule has 1 aliphatic rings. The lowest BCUT2D eigenvalue weighted by Crippen LogP contribution is -2.37. The third-order valence-electron chi connectivity index (χ3n) is 3.77. The van der Waals surface area contributed by atoms with Crippen molar-refractivity contribution in [3.05, 3.63) is 53.1 Å². The average Bonchev–Trinajstić information content (AvgIpc) is 2.56. The molecule has 3 rings (SSSR count). The molecule has 0 saturated carbocycles. The lowest BCUT2D eigenvalue weighted by atomic mass is 10.2. The number of fused-ring (bicyclic) bond motifs is 1. The fraction of sp³-hybridized carbons (Fsp3) is 0.222. The van der Waals surface area contributed by atoms with Gasteiger partial charge in [0.15, 0.2) is 0 Å². The summed E-state index contributed by atoms with van der Waals surface area (Å²) >= 11 is 7.66. The van der Waals surface area contributed by atoms with Crippen molar-refractivity contribution in [1.29, 1.82) is 0 Å². The highest BCUT2D eigenvalue weighted by atomic mass is 35.5. The van der Waals surface area contributed by atoms with Crippen LogP contribution in [0.2, 0.25) is 5.02 Å². The van der Waals surface area contributed by atoms with E-state index in [2.05, 4.69) is 5.32 Å². The molecular weight excluding hydrogens is 344 g/mol. The van der Waals surface area contributed by atoms with Gasteiger partial charge in [-0.05, 0) is 36.8 Å². The summed E-state index contributed by atoms with van der Waals surface area (Å²) in [4.78, 5) is 27.1. The van der Waals surface area contributed by atoms with Crippen LogP contribution in [0.25, 0.3) is 0 Å². The zero-order valence-electron chi connectivity index (χ0n) is 13.2. The molecule has 0 aromatic heterocycles. The monoisotopic (exact) mass is 360 g/mol. The van der Waals surface area contributed by atoms with Crippen LogP contribution in [0.15, 0.2) is 47.4 Å². The fourth-order valence-corrected chi connectivity index (χ4v) is 3.76. The van der Waals surface area contributed by atoms with Crippen LogP contribution in [0.5, 0.6) is 0 Å². The van der Waals surface area contributed by atoms with E-state index in [1.807, 2.05) is 37.3 Å². The van der Waals surface area contributed by atoms with Gasteiger partial charge in [-0.1, -0.05) is 29.8 Å². The highest BCUT2D eigenvalue weighted by molar-refractivity contribution is 8.00. The van der Waals surface area contributed by atoms with E-state index in [0.29, 0.717) is 23.0 Å². The number of carbonyl (C=O) groups excluding carboxylic acids is 2. The summed E-state index contributed by atoms with van der Waals surface area (Å²) in [6.45, 7) is 2.29. The molecule has 24 heavy (non-hydrogen) atoms. The number of thioether (sulfide) groups is 1. The Morgan fingerprint density at radius 2 is 2.08 bits per heavy atom. The molecule has 2 amide bonds. The summed E-state index contributed by atoms with van der Waals surface area (Å²) in [7, 11) is 0. The number of nitrogens with one attached hydrogen (secondary N) is 1. The number of benzene rings is 2. The Bertz CT molecular complexity index is 794. The van der Waals surface area contributed by atoms with E-state index in [0.717, 1.165) is 16.1 Å². The SMILES string of the molecule is Cc1ccc(NC(=O)CCN2C(=O)CSc3ccccc32)c(Cl)c1. The van der Waals surface area contributed by atoms with Gasteiger partial charge in [-0.3, -0.25) is 9.59 Å². The second-order valence-electron chi connectivity index (χ2n) is 5.58. The molecule has 1 aliphatic heterocycles. The maximum atomic E-state index is 12.2. The van der Waals surface area contributed by atoms with E-state index in [4.69, 9.17) is 11.6 Å². The Hall–Kier alpha value is -1.98. The van der Waals surface area contributed by atoms with Crippen LogP contribution in [0.3, 0.4) is 0 Å². The van der Waals surface area contributed by atoms with Crippen molar-refractivity contribution in [2.45, 2.75) is 18.2 Å². The van der Waals surface area contributed by atoms with Crippen LogP contribution >= 0.6 is 23.4 Å². The molecule has 1 heterocycles. The summed E-state index contributed by atoms with van der Waals surface area (Å²) < 4.78 is 0. The maximum Gasteiger partial charge on any atom is 0.237 e. The average molecular weight is 361 g/mol. The molecule has 0 bridgehead atoms. The van der Waals surface area contributed by atoms with Crippen molar-refractivity contribution in [2.24, 2.45) is 0 Å². The van der Waals surface area contributed by atoms with Gasteiger partial charge in [0.25, 0.3) is 0 Å². The largest absolute Gasteiger partial charge is 0.325 e. The molecule has 124 valence electrons. The molecule has 1 N–H and O–H groups in total. The van der Waals surface area contributed by atoms with Gasteiger partial charge in [0.2, 0.25) is 11.8 Å². The van der Waals surface area contributed by atoms with Crippen LogP contribution in [-0.2, 0) is 9.59 Å². The van der Waals surface area contributed by atoms with Crippen molar-refractivity contribution < 1.29 is 9.59 Å². The Kier molecular flexibility index (Phi) is 5.11. The molecule has 0 unspecified atom stereocenters. The number of hydrogen-bond donors (Lipinski definition) is 1. The molecule has 0 atom stereocenters. The van der Waals surface area contributed by atoms with Gasteiger partial charge in [-0.2, -0.15) is 0 Å². The second-order valence-corrected chi connectivity index (χ2v) is 7.01. The van der Waals surface area contributed by atoms with Gasteiger partial charge in [0.1, 0.15) is 0 Å².